The van der Waals surface area contributed by atoms with Crippen LogP contribution in [0.4, 0.5) is 5.69 Å². The van der Waals surface area contributed by atoms with E-state index in [0.717, 1.165) is 12.8 Å². The Bertz CT molecular complexity index is 770. The molecule has 0 radical (unpaired) electrons. The van der Waals surface area contributed by atoms with E-state index in [1.54, 1.807) is 24.3 Å². The number of amides is 2. The van der Waals surface area contributed by atoms with E-state index in [4.69, 9.17) is 4.74 Å². The molecule has 0 spiro atoms. The maximum absolute atomic E-state index is 12.9. The lowest BCUT2D eigenvalue weighted by atomic mass is 9.81. The number of unbranched alkanes of at least 4 members (excludes halogenated alkanes) is 7. The predicted octanol–water partition coefficient (Wildman–Crippen LogP) is 6.41. The number of esters is 1. The summed E-state index contributed by atoms with van der Waals surface area (Å²) in [6.07, 6.45) is 10.8. The number of fused-ring (bicyclic) bond motifs is 1. The van der Waals surface area contributed by atoms with Crippen LogP contribution in [0.3, 0.4) is 0 Å². The molecule has 2 amide bonds. The van der Waals surface area contributed by atoms with Crippen molar-refractivity contribution >= 4 is 55.3 Å². The third-order valence-corrected chi connectivity index (χ3v) is 9.24. The van der Waals surface area contributed by atoms with Crippen LogP contribution < -0.4 is 4.90 Å². The first-order chi connectivity index (χ1) is 15.4. The molecule has 1 aromatic carbocycles. The molecule has 4 atom stereocenters. The van der Waals surface area contributed by atoms with Crippen molar-refractivity contribution in [3.63, 3.8) is 0 Å². The molecular formula is C25H33Br2NO4. The van der Waals surface area contributed by atoms with Crippen LogP contribution in [0.5, 0.6) is 0 Å². The van der Waals surface area contributed by atoms with E-state index in [0.29, 0.717) is 30.7 Å². The number of hydrogen-bond donors (Lipinski definition) is 0. The Balaban J connectivity index is 1.46. The van der Waals surface area contributed by atoms with Crippen molar-refractivity contribution in [2.24, 2.45) is 11.8 Å². The monoisotopic (exact) mass is 569 g/mol. The van der Waals surface area contributed by atoms with Crippen molar-refractivity contribution in [3.05, 3.63) is 29.8 Å². The Morgan fingerprint density at radius 2 is 1.38 bits per heavy atom. The smallest absolute Gasteiger partial charge is 0.338 e. The summed E-state index contributed by atoms with van der Waals surface area (Å²) < 4.78 is 5.38. The standard InChI is InChI=1S/C25H33Br2NO4/c1-2-3-4-5-6-7-8-9-14-32-25(31)17-10-12-18(13-11-17)28-23(29)19-15-21(26)22(27)16-20(19)24(28)30/h10-13,19-22H,2-9,14-16H2,1H3/t19-,20-,21-,22+/m1/s1. The predicted molar refractivity (Wildman–Crippen MR) is 133 cm³/mol. The molecule has 0 unspecified atom stereocenters. The molecule has 5 nitrogen and oxygen atoms in total. The van der Waals surface area contributed by atoms with Gasteiger partial charge in [-0.05, 0) is 43.5 Å². The quantitative estimate of drug-likeness (QED) is 0.133. The van der Waals surface area contributed by atoms with Gasteiger partial charge in [0.05, 0.1) is 29.7 Å². The van der Waals surface area contributed by atoms with E-state index in [-0.39, 0.29) is 39.3 Å². The molecule has 0 aromatic heterocycles. The highest BCUT2D eigenvalue weighted by Gasteiger charge is 2.52. The van der Waals surface area contributed by atoms with Gasteiger partial charge < -0.3 is 4.74 Å². The Hall–Kier alpha value is -1.21. The molecule has 3 rings (SSSR count). The molecule has 0 N–H and O–H groups in total. The number of halogens is 2. The number of ether oxygens (including phenoxy) is 1. The molecule has 1 saturated carbocycles. The van der Waals surface area contributed by atoms with E-state index in [1.807, 2.05) is 0 Å². The first-order valence-electron chi connectivity index (χ1n) is 11.9. The first-order valence-corrected chi connectivity index (χ1v) is 13.7. The van der Waals surface area contributed by atoms with Crippen LogP contribution in [0, 0.1) is 11.8 Å². The summed E-state index contributed by atoms with van der Waals surface area (Å²) >= 11 is 7.21. The second kappa shape index (κ2) is 12.3. The Kier molecular flexibility index (Phi) is 9.77. The molecule has 1 heterocycles. The summed E-state index contributed by atoms with van der Waals surface area (Å²) in [7, 11) is 0. The number of hydrogen-bond acceptors (Lipinski definition) is 4. The van der Waals surface area contributed by atoms with Crippen LogP contribution in [0.25, 0.3) is 0 Å². The summed E-state index contributed by atoms with van der Waals surface area (Å²) in [5.74, 6) is -1.21. The highest BCUT2D eigenvalue weighted by atomic mass is 79.9. The van der Waals surface area contributed by atoms with Gasteiger partial charge in [0.25, 0.3) is 0 Å². The topological polar surface area (TPSA) is 63.7 Å². The highest BCUT2D eigenvalue weighted by molar-refractivity contribution is 9.12. The molecule has 176 valence electrons. The number of carbonyl (C=O) groups is 3. The molecular weight excluding hydrogens is 538 g/mol. The first kappa shape index (κ1) is 25.4. The average Bonchev–Trinajstić information content (AvgIpc) is 3.02. The van der Waals surface area contributed by atoms with Gasteiger partial charge in [0, 0.05) is 9.65 Å². The maximum atomic E-state index is 12.9. The number of carbonyl (C=O) groups excluding carboxylic acids is 3. The lowest BCUT2D eigenvalue weighted by molar-refractivity contribution is -0.122. The summed E-state index contributed by atoms with van der Waals surface area (Å²) in [6, 6.07) is 6.59. The Morgan fingerprint density at radius 1 is 0.875 bits per heavy atom. The molecule has 32 heavy (non-hydrogen) atoms. The van der Waals surface area contributed by atoms with Crippen LogP contribution >= 0.6 is 31.9 Å². The van der Waals surface area contributed by atoms with E-state index in [9.17, 15) is 14.4 Å². The van der Waals surface area contributed by atoms with Crippen LogP contribution in [-0.2, 0) is 14.3 Å². The number of anilines is 1. The zero-order chi connectivity index (χ0) is 23.1. The second-order valence-electron chi connectivity index (χ2n) is 8.89. The number of alkyl halides is 2. The third kappa shape index (κ3) is 6.22. The average molecular weight is 571 g/mol. The third-order valence-electron chi connectivity index (χ3n) is 6.50. The molecule has 2 fully saturated rings. The Morgan fingerprint density at radius 3 is 1.91 bits per heavy atom. The molecule has 1 aromatic rings. The van der Waals surface area contributed by atoms with Gasteiger partial charge in [-0.25, -0.2) is 4.79 Å². The minimum atomic E-state index is -0.364. The largest absolute Gasteiger partial charge is 0.462 e. The summed E-state index contributed by atoms with van der Waals surface area (Å²) in [5, 5.41) is 0. The fraction of sp³-hybridized carbons (Fsp3) is 0.640. The van der Waals surface area contributed by atoms with Crippen molar-refractivity contribution in [2.75, 3.05) is 11.5 Å². The number of nitrogens with zero attached hydrogens (tertiary/aromatic N) is 1. The van der Waals surface area contributed by atoms with Crippen molar-refractivity contribution in [1.82, 2.24) is 0 Å². The van der Waals surface area contributed by atoms with Crippen LogP contribution in [0.15, 0.2) is 24.3 Å². The second-order valence-corrected chi connectivity index (χ2v) is 11.2. The van der Waals surface area contributed by atoms with Gasteiger partial charge in [0.1, 0.15) is 0 Å². The Labute approximate surface area is 207 Å². The van der Waals surface area contributed by atoms with Crippen molar-refractivity contribution in [2.45, 2.75) is 80.8 Å². The maximum Gasteiger partial charge on any atom is 0.338 e. The molecule has 1 aliphatic carbocycles. The fourth-order valence-corrected chi connectivity index (χ4v) is 5.82. The lowest BCUT2D eigenvalue weighted by Crippen LogP contribution is -2.34. The van der Waals surface area contributed by atoms with Crippen molar-refractivity contribution in [1.29, 1.82) is 0 Å². The van der Waals surface area contributed by atoms with Gasteiger partial charge in [0.15, 0.2) is 0 Å². The van der Waals surface area contributed by atoms with Gasteiger partial charge in [-0.2, -0.15) is 0 Å². The normalized spacial score (nSPS) is 25.2. The van der Waals surface area contributed by atoms with Gasteiger partial charge in [0.2, 0.25) is 11.8 Å². The van der Waals surface area contributed by atoms with Gasteiger partial charge >= 0.3 is 5.97 Å². The zero-order valence-electron chi connectivity index (χ0n) is 18.7. The number of benzene rings is 1. The summed E-state index contributed by atoms with van der Waals surface area (Å²) in [6.45, 7) is 2.64. The van der Waals surface area contributed by atoms with Crippen LogP contribution in [0.2, 0.25) is 0 Å². The highest BCUT2D eigenvalue weighted by Crippen LogP contribution is 2.44. The van der Waals surface area contributed by atoms with Crippen molar-refractivity contribution < 1.29 is 19.1 Å². The van der Waals surface area contributed by atoms with Crippen LogP contribution in [0.1, 0.15) is 81.5 Å². The van der Waals surface area contributed by atoms with E-state index in [2.05, 4.69) is 38.8 Å². The fourth-order valence-electron chi connectivity index (χ4n) is 4.58. The minimum Gasteiger partial charge on any atom is -0.462 e. The minimum absolute atomic E-state index is 0.145. The SMILES string of the molecule is CCCCCCCCCCOC(=O)c1ccc(N2C(=O)[C@@H]3C[C@@H](Br)[C@@H](Br)C[C@H]3C2=O)cc1. The van der Waals surface area contributed by atoms with Gasteiger partial charge in [-0.15, -0.1) is 0 Å². The number of imide groups is 1. The van der Waals surface area contributed by atoms with E-state index < -0.39 is 0 Å². The number of rotatable bonds is 11. The molecule has 7 heteroatoms. The molecule has 1 aliphatic heterocycles. The van der Waals surface area contributed by atoms with E-state index >= 15 is 0 Å². The molecule has 0 bridgehead atoms. The van der Waals surface area contributed by atoms with Gasteiger partial charge in [-0.3, -0.25) is 14.5 Å². The summed E-state index contributed by atoms with van der Waals surface area (Å²) in [5.41, 5.74) is 0.956. The lowest BCUT2D eigenvalue weighted by Gasteiger charge is -2.29. The van der Waals surface area contributed by atoms with Crippen molar-refractivity contribution in [3.8, 4) is 0 Å². The zero-order valence-corrected chi connectivity index (χ0v) is 21.9. The molecule has 2 aliphatic rings. The molecule has 1 saturated heterocycles. The van der Waals surface area contributed by atoms with Crippen LogP contribution in [-0.4, -0.2) is 34.0 Å². The van der Waals surface area contributed by atoms with E-state index in [1.165, 1.54) is 43.4 Å². The van der Waals surface area contributed by atoms with Gasteiger partial charge in [-0.1, -0.05) is 83.7 Å². The summed E-state index contributed by atoms with van der Waals surface area (Å²) in [4.78, 5) is 39.8.